The van der Waals surface area contributed by atoms with Gasteiger partial charge in [0, 0.05) is 10.7 Å². The highest BCUT2D eigenvalue weighted by Crippen LogP contribution is 2.69. The predicted molar refractivity (Wildman–Crippen MR) is 114 cm³/mol. The monoisotopic (exact) mass is 476 g/mol. The van der Waals surface area contributed by atoms with Gasteiger partial charge in [-0.15, -0.1) is 0 Å². The zero-order valence-corrected chi connectivity index (χ0v) is 17.3. The molecule has 3 nitrogen and oxygen atoms in total. The van der Waals surface area contributed by atoms with Crippen molar-refractivity contribution in [2.24, 2.45) is 0 Å². The number of halogens is 1. The summed E-state index contributed by atoms with van der Waals surface area (Å²) < 4.78 is 25.5. The van der Waals surface area contributed by atoms with Crippen molar-refractivity contribution in [2.75, 3.05) is 7.11 Å². The predicted octanol–water partition coefficient (Wildman–Crippen LogP) is 6.58. The second-order valence-corrected chi connectivity index (χ2v) is 9.36. The average Bonchev–Trinajstić information content (AvgIpc) is 3.30. The Balaban J connectivity index is 1.73. The highest BCUT2D eigenvalue weighted by molar-refractivity contribution is 14.1. The van der Waals surface area contributed by atoms with Crippen LogP contribution in [0.3, 0.4) is 0 Å². The summed E-state index contributed by atoms with van der Waals surface area (Å²) >= 11 is 2.25. The van der Waals surface area contributed by atoms with Crippen LogP contribution in [-0.2, 0) is 13.6 Å². The molecule has 1 aliphatic heterocycles. The second kappa shape index (κ2) is 7.28. The fourth-order valence-corrected chi connectivity index (χ4v) is 6.93. The number of rotatable bonds is 4. The molecule has 4 rings (SSSR count). The van der Waals surface area contributed by atoms with Crippen molar-refractivity contribution in [1.82, 2.24) is 0 Å². The number of hydrogen-bond donors (Lipinski definition) is 0. The van der Waals surface area contributed by atoms with Crippen molar-refractivity contribution < 1.29 is 13.6 Å². The summed E-state index contributed by atoms with van der Waals surface area (Å²) in [5, 5.41) is 0.679. The topological polar surface area (TPSA) is 35.5 Å². The molecule has 2 aromatic carbocycles. The standard InChI is InChI=1S/C21H18IO3P/c1-24-26(23)21(19(22)20(25-26)17-9-5-6-10-17)18-13-11-16(12-14-18)15-7-3-2-4-8-15/h2-9,11-14,20H,10H2,1H3. The first-order chi connectivity index (χ1) is 12.6. The Morgan fingerprint density at radius 3 is 2.31 bits per heavy atom. The van der Waals surface area contributed by atoms with E-state index in [2.05, 4.69) is 40.8 Å². The van der Waals surface area contributed by atoms with Crippen molar-refractivity contribution in [3.8, 4) is 11.1 Å². The molecule has 0 N–H and O–H groups in total. The van der Waals surface area contributed by atoms with Gasteiger partial charge in [0.2, 0.25) is 0 Å². The molecule has 2 unspecified atom stereocenters. The minimum atomic E-state index is -3.33. The third-order valence-electron chi connectivity index (χ3n) is 4.62. The van der Waals surface area contributed by atoms with Crippen LogP contribution < -0.4 is 0 Å². The Morgan fingerprint density at radius 1 is 1.04 bits per heavy atom. The third kappa shape index (κ3) is 3.16. The number of hydrogen-bond acceptors (Lipinski definition) is 3. The molecule has 0 fully saturated rings. The molecule has 0 saturated heterocycles. The Kier molecular flexibility index (Phi) is 5.02. The SMILES string of the molecule is COP1(=O)OC(C2=CC=CC2)C(I)=C1c1ccc(-c2ccccc2)cc1. The van der Waals surface area contributed by atoms with E-state index in [9.17, 15) is 4.57 Å². The van der Waals surface area contributed by atoms with Crippen LogP contribution in [0.2, 0.25) is 0 Å². The summed E-state index contributed by atoms with van der Waals surface area (Å²) in [6, 6.07) is 18.3. The molecule has 2 atom stereocenters. The molecule has 2 aliphatic rings. The van der Waals surface area contributed by atoms with Gasteiger partial charge in [-0.25, -0.2) is 0 Å². The van der Waals surface area contributed by atoms with E-state index in [0.29, 0.717) is 5.31 Å². The summed E-state index contributed by atoms with van der Waals surface area (Å²) in [5.74, 6) is 0. The van der Waals surface area contributed by atoms with Crippen LogP contribution >= 0.6 is 30.2 Å². The lowest BCUT2D eigenvalue weighted by Crippen LogP contribution is -2.08. The van der Waals surface area contributed by atoms with Gasteiger partial charge >= 0.3 is 7.60 Å². The largest absolute Gasteiger partial charge is 0.363 e. The minimum Gasteiger partial charge on any atom is -0.309 e. The maximum Gasteiger partial charge on any atom is 0.363 e. The highest BCUT2D eigenvalue weighted by Gasteiger charge is 2.45. The van der Waals surface area contributed by atoms with Crippen LogP contribution in [0.1, 0.15) is 12.0 Å². The van der Waals surface area contributed by atoms with Gasteiger partial charge in [0.25, 0.3) is 0 Å². The lowest BCUT2D eigenvalue weighted by atomic mass is 10.0. The van der Waals surface area contributed by atoms with Gasteiger partial charge in [-0.3, -0.25) is 9.09 Å². The van der Waals surface area contributed by atoms with E-state index in [1.165, 1.54) is 7.11 Å². The Labute approximate surface area is 167 Å². The molecule has 1 heterocycles. The number of allylic oxidation sites excluding steroid dienone is 3. The van der Waals surface area contributed by atoms with E-state index in [4.69, 9.17) is 9.05 Å². The summed E-state index contributed by atoms with van der Waals surface area (Å²) in [7, 11) is -1.88. The molecule has 0 saturated carbocycles. The third-order valence-corrected chi connectivity index (χ3v) is 8.16. The quantitative estimate of drug-likeness (QED) is 0.370. The highest BCUT2D eigenvalue weighted by atomic mass is 127. The molecule has 2 aromatic rings. The van der Waals surface area contributed by atoms with Crippen molar-refractivity contribution >= 4 is 35.5 Å². The fourth-order valence-electron chi connectivity index (χ4n) is 3.26. The minimum absolute atomic E-state index is 0.291. The normalized spacial score (nSPS) is 25.0. The summed E-state index contributed by atoms with van der Waals surface area (Å²) in [6.07, 6.45) is 6.64. The lowest BCUT2D eigenvalue weighted by molar-refractivity contribution is 0.231. The van der Waals surface area contributed by atoms with Crippen LogP contribution in [0, 0.1) is 0 Å². The first-order valence-electron chi connectivity index (χ1n) is 8.38. The molecule has 132 valence electrons. The van der Waals surface area contributed by atoms with Crippen LogP contribution in [0.15, 0.2) is 82.0 Å². The average molecular weight is 476 g/mol. The lowest BCUT2D eigenvalue weighted by Gasteiger charge is -2.16. The first-order valence-corrected chi connectivity index (χ1v) is 11.0. The van der Waals surface area contributed by atoms with Crippen molar-refractivity contribution in [3.05, 3.63) is 87.5 Å². The van der Waals surface area contributed by atoms with Crippen LogP contribution in [0.5, 0.6) is 0 Å². The molecule has 0 bridgehead atoms. The second-order valence-electron chi connectivity index (χ2n) is 6.18. The molecule has 26 heavy (non-hydrogen) atoms. The van der Waals surface area contributed by atoms with Gasteiger partial charge in [0.1, 0.15) is 6.10 Å². The van der Waals surface area contributed by atoms with Gasteiger partial charge in [-0.1, -0.05) is 72.8 Å². The van der Waals surface area contributed by atoms with Gasteiger partial charge < -0.3 is 4.52 Å². The Bertz CT molecular complexity index is 959. The molecule has 0 spiro atoms. The summed E-state index contributed by atoms with van der Waals surface area (Å²) in [4.78, 5) is 0. The van der Waals surface area contributed by atoms with E-state index in [1.807, 2.05) is 54.6 Å². The molecule has 5 heteroatoms. The van der Waals surface area contributed by atoms with E-state index in [-0.39, 0.29) is 6.10 Å². The molecular formula is C21H18IO3P. The molecule has 0 aromatic heterocycles. The summed E-state index contributed by atoms with van der Waals surface area (Å²) in [5.41, 5.74) is 4.27. The van der Waals surface area contributed by atoms with Gasteiger partial charge in [0.15, 0.2) is 0 Å². The van der Waals surface area contributed by atoms with Crippen LogP contribution in [0.4, 0.5) is 0 Å². The zero-order chi connectivity index (χ0) is 18.1. The van der Waals surface area contributed by atoms with Gasteiger partial charge in [-0.2, -0.15) is 0 Å². The van der Waals surface area contributed by atoms with Gasteiger partial charge in [-0.05, 0) is 51.3 Å². The van der Waals surface area contributed by atoms with E-state index in [1.54, 1.807) is 0 Å². The Morgan fingerprint density at radius 2 is 1.69 bits per heavy atom. The van der Waals surface area contributed by atoms with Crippen molar-refractivity contribution in [1.29, 1.82) is 0 Å². The first kappa shape index (κ1) is 17.9. The number of benzene rings is 2. The fraction of sp³-hybridized carbons (Fsp3) is 0.143. The van der Waals surface area contributed by atoms with Crippen molar-refractivity contribution in [2.45, 2.75) is 12.5 Å². The van der Waals surface area contributed by atoms with Crippen LogP contribution in [-0.4, -0.2) is 13.2 Å². The van der Waals surface area contributed by atoms with E-state index >= 15 is 0 Å². The van der Waals surface area contributed by atoms with Gasteiger partial charge in [0.05, 0.1) is 5.31 Å². The molecular weight excluding hydrogens is 458 g/mol. The molecule has 0 amide bonds. The van der Waals surface area contributed by atoms with E-state index < -0.39 is 7.60 Å². The smallest absolute Gasteiger partial charge is 0.309 e. The molecule has 1 aliphatic carbocycles. The van der Waals surface area contributed by atoms with E-state index in [0.717, 1.165) is 32.3 Å². The summed E-state index contributed by atoms with van der Waals surface area (Å²) in [6.45, 7) is 0. The maximum atomic E-state index is 13.3. The molecule has 0 radical (unpaired) electrons. The maximum absolute atomic E-state index is 13.3. The van der Waals surface area contributed by atoms with Crippen LogP contribution in [0.25, 0.3) is 16.4 Å². The zero-order valence-electron chi connectivity index (χ0n) is 14.3. The van der Waals surface area contributed by atoms with Crippen molar-refractivity contribution in [3.63, 3.8) is 0 Å². The Hall–Kier alpha value is -1.46.